The van der Waals surface area contributed by atoms with Crippen LogP contribution in [0, 0.1) is 0 Å². The fraction of sp³-hybridized carbons (Fsp3) is 0.440. The fourth-order valence-electron chi connectivity index (χ4n) is 3.44. The molecule has 0 spiro atoms. The maximum absolute atomic E-state index is 13.7. The number of nitrogens with zero attached hydrogens (tertiary/aromatic N) is 2. The van der Waals surface area contributed by atoms with Crippen LogP contribution in [0.5, 0.6) is 11.5 Å². The molecule has 0 aliphatic rings. The predicted octanol–water partition coefficient (Wildman–Crippen LogP) is 3.46. The summed E-state index contributed by atoms with van der Waals surface area (Å²) in [6.07, 6.45) is 1.71. The van der Waals surface area contributed by atoms with Gasteiger partial charge in [-0.2, -0.15) is 0 Å². The number of methoxy groups -OCH3 is 2. The molecule has 11 heteroatoms. The van der Waals surface area contributed by atoms with Crippen molar-refractivity contribution in [2.24, 2.45) is 0 Å². The smallest absolute Gasteiger partial charge is 0.244 e. The normalized spacial score (nSPS) is 12.9. The fourth-order valence-corrected chi connectivity index (χ4v) is 4.49. The molecule has 0 saturated heterocycles. The molecule has 1 N–H and O–H groups in total. The molecular weight excluding hydrogens is 506 g/mol. The summed E-state index contributed by atoms with van der Waals surface area (Å²) in [6, 6.07) is 10.6. The van der Waals surface area contributed by atoms with E-state index in [1.165, 1.54) is 25.2 Å². The summed E-state index contributed by atoms with van der Waals surface area (Å²) in [5.74, 6) is -0.304. The molecule has 0 radical (unpaired) electrons. The van der Waals surface area contributed by atoms with Crippen molar-refractivity contribution in [2.45, 2.75) is 45.8 Å². The summed E-state index contributed by atoms with van der Waals surface area (Å²) in [5, 5.41) is 3.31. The zero-order valence-corrected chi connectivity index (χ0v) is 23.0. The van der Waals surface area contributed by atoms with Gasteiger partial charge in [0.1, 0.15) is 24.1 Å². The Kier molecular flexibility index (Phi) is 10.4. The van der Waals surface area contributed by atoms with Gasteiger partial charge < -0.3 is 19.7 Å². The third kappa shape index (κ3) is 7.51. The molecule has 0 saturated carbocycles. The molecule has 2 atom stereocenters. The minimum atomic E-state index is -3.93. The number of sulfonamides is 1. The van der Waals surface area contributed by atoms with Crippen molar-refractivity contribution in [2.75, 3.05) is 31.3 Å². The first-order valence-corrected chi connectivity index (χ1v) is 13.7. The van der Waals surface area contributed by atoms with Crippen molar-refractivity contribution in [1.29, 1.82) is 0 Å². The van der Waals surface area contributed by atoms with Crippen LogP contribution in [-0.4, -0.2) is 64.2 Å². The topological polar surface area (TPSA) is 105 Å². The van der Waals surface area contributed by atoms with E-state index >= 15 is 0 Å². The van der Waals surface area contributed by atoms with Gasteiger partial charge in [0.25, 0.3) is 0 Å². The molecule has 2 aromatic rings. The molecule has 2 rings (SSSR count). The zero-order chi connectivity index (χ0) is 27.0. The Labute approximate surface area is 218 Å². The number of carbonyl (C=O) groups is 2. The molecular formula is C25H34ClN3O6S. The van der Waals surface area contributed by atoms with Crippen molar-refractivity contribution in [1.82, 2.24) is 10.2 Å². The number of ether oxygens (including phenoxy) is 2. The number of amides is 2. The largest absolute Gasteiger partial charge is 0.497 e. The summed E-state index contributed by atoms with van der Waals surface area (Å²) in [6.45, 7) is 4.86. The molecule has 0 aromatic heterocycles. The first-order valence-electron chi connectivity index (χ1n) is 11.5. The summed E-state index contributed by atoms with van der Waals surface area (Å²) >= 11 is 6.34. The van der Waals surface area contributed by atoms with Crippen LogP contribution in [0.1, 0.15) is 32.8 Å². The van der Waals surface area contributed by atoms with Crippen molar-refractivity contribution in [3.63, 3.8) is 0 Å². The molecule has 0 fully saturated rings. The van der Waals surface area contributed by atoms with Gasteiger partial charge in [0, 0.05) is 23.7 Å². The van der Waals surface area contributed by atoms with Gasteiger partial charge in [-0.25, -0.2) is 8.42 Å². The second-order valence-corrected chi connectivity index (χ2v) is 10.7. The van der Waals surface area contributed by atoms with Crippen LogP contribution >= 0.6 is 11.6 Å². The lowest BCUT2D eigenvalue weighted by Gasteiger charge is -2.32. The zero-order valence-electron chi connectivity index (χ0n) is 21.4. The lowest BCUT2D eigenvalue weighted by Crippen LogP contribution is -2.52. The van der Waals surface area contributed by atoms with Crippen LogP contribution in [0.15, 0.2) is 42.5 Å². The molecule has 0 aliphatic carbocycles. The number of benzene rings is 2. The minimum absolute atomic E-state index is 0.0143. The molecule has 198 valence electrons. The van der Waals surface area contributed by atoms with E-state index in [9.17, 15) is 18.0 Å². The molecule has 36 heavy (non-hydrogen) atoms. The van der Waals surface area contributed by atoms with Crippen LogP contribution in [0.25, 0.3) is 0 Å². The van der Waals surface area contributed by atoms with Crippen LogP contribution in [-0.2, 0) is 26.2 Å². The van der Waals surface area contributed by atoms with E-state index in [1.54, 1.807) is 43.3 Å². The third-order valence-corrected chi connectivity index (χ3v) is 7.30. The molecule has 9 nitrogen and oxygen atoms in total. The highest BCUT2D eigenvalue weighted by molar-refractivity contribution is 7.92. The maximum atomic E-state index is 13.7. The van der Waals surface area contributed by atoms with E-state index in [4.69, 9.17) is 21.1 Å². The Hall–Kier alpha value is -2.98. The molecule has 2 amide bonds. The summed E-state index contributed by atoms with van der Waals surface area (Å²) in [4.78, 5) is 28.0. The van der Waals surface area contributed by atoms with Crippen molar-refractivity contribution >= 4 is 39.1 Å². The van der Waals surface area contributed by atoms with Crippen molar-refractivity contribution in [3.05, 3.63) is 53.1 Å². The van der Waals surface area contributed by atoms with Gasteiger partial charge >= 0.3 is 0 Å². The average Bonchev–Trinajstić information content (AvgIpc) is 2.84. The molecule has 2 aromatic carbocycles. The van der Waals surface area contributed by atoms with E-state index in [2.05, 4.69) is 5.32 Å². The van der Waals surface area contributed by atoms with Gasteiger partial charge in [-0.05, 0) is 44.0 Å². The predicted molar refractivity (Wildman–Crippen MR) is 141 cm³/mol. The quantitative estimate of drug-likeness (QED) is 0.443. The van der Waals surface area contributed by atoms with E-state index in [-0.39, 0.29) is 29.9 Å². The number of rotatable bonds is 12. The Morgan fingerprint density at radius 3 is 2.31 bits per heavy atom. The first-order chi connectivity index (χ1) is 16.9. The van der Waals surface area contributed by atoms with Crippen molar-refractivity contribution in [3.8, 4) is 11.5 Å². The monoisotopic (exact) mass is 539 g/mol. The van der Waals surface area contributed by atoms with Crippen LogP contribution in [0.2, 0.25) is 5.02 Å². The van der Waals surface area contributed by atoms with E-state index < -0.39 is 28.5 Å². The Morgan fingerprint density at radius 1 is 1.08 bits per heavy atom. The Bertz CT molecular complexity index is 1170. The van der Waals surface area contributed by atoms with Gasteiger partial charge in [0.05, 0.1) is 26.2 Å². The van der Waals surface area contributed by atoms with Gasteiger partial charge in [-0.3, -0.25) is 13.9 Å². The number of hydrogen-bond acceptors (Lipinski definition) is 6. The lowest BCUT2D eigenvalue weighted by molar-refractivity contribution is -0.139. The summed E-state index contributed by atoms with van der Waals surface area (Å²) in [5.41, 5.74) is 0.766. The first kappa shape index (κ1) is 29.3. The highest BCUT2D eigenvalue weighted by Crippen LogP contribution is 2.34. The number of carbonyl (C=O) groups excluding carboxylic acids is 2. The van der Waals surface area contributed by atoms with E-state index in [0.717, 1.165) is 10.6 Å². The lowest BCUT2D eigenvalue weighted by atomic mass is 10.1. The van der Waals surface area contributed by atoms with Crippen LogP contribution < -0.4 is 19.1 Å². The molecule has 0 aliphatic heterocycles. The van der Waals surface area contributed by atoms with Gasteiger partial charge in [-0.1, -0.05) is 36.7 Å². The highest BCUT2D eigenvalue weighted by Gasteiger charge is 2.32. The Morgan fingerprint density at radius 2 is 1.75 bits per heavy atom. The van der Waals surface area contributed by atoms with Gasteiger partial charge in [0.15, 0.2) is 0 Å². The molecule has 2 unspecified atom stereocenters. The number of hydrogen-bond donors (Lipinski definition) is 1. The van der Waals surface area contributed by atoms with E-state index in [0.29, 0.717) is 22.8 Å². The van der Waals surface area contributed by atoms with Crippen LogP contribution in [0.3, 0.4) is 0 Å². The van der Waals surface area contributed by atoms with Crippen LogP contribution in [0.4, 0.5) is 5.69 Å². The average molecular weight is 540 g/mol. The molecule has 0 bridgehead atoms. The van der Waals surface area contributed by atoms with E-state index in [1.807, 2.05) is 13.8 Å². The Balaban J connectivity index is 2.49. The number of nitrogens with one attached hydrogen (secondary N) is 1. The number of halogens is 1. The number of anilines is 1. The van der Waals surface area contributed by atoms with Gasteiger partial charge in [-0.15, -0.1) is 0 Å². The highest BCUT2D eigenvalue weighted by atomic mass is 35.5. The minimum Gasteiger partial charge on any atom is -0.497 e. The second kappa shape index (κ2) is 12.8. The summed E-state index contributed by atoms with van der Waals surface area (Å²) in [7, 11) is -1.08. The second-order valence-electron chi connectivity index (χ2n) is 8.41. The standard InChI is InChI=1S/C25H34ClN3O6S/c1-7-17(2)27-25(31)18(3)28(15-19-10-8-9-11-21(19)26)24(30)16-29(36(6,32)33)22-14-20(34-4)12-13-23(22)35-5/h8-14,17-18H,7,15-16H2,1-6H3,(H,27,31). The molecule has 0 heterocycles. The SMILES string of the molecule is CCC(C)NC(=O)C(C)N(Cc1ccccc1Cl)C(=O)CN(c1cc(OC)ccc1OC)S(C)(=O)=O. The van der Waals surface area contributed by atoms with Gasteiger partial charge in [0.2, 0.25) is 21.8 Å². The summed E-state index contributed by atoms with van der Waals surface area (Å²) < 4.78 is 37.2. The maximum Gasteiger partial charge on any atom is 0.244 e. The third-order valence-electron chi connectivity index (χ3n) is 5.80. The van der Waals surface area contributed by atoms with Crippen molar-refractivity contribution < 1.29 is 27.5 Å².